The van der Waals surface area contributed by atoms with Gasteiger partial charge in [-0.15, -0.1) is 0 Å². The number of carbonyl (C=O) groups excluding carboxylic acids is 1. The number of rotatable bonds is 13. The van der Waals surface area contributed by atoms with E-state index in [1.54, 1.807) is 19.4 Å². The first kappa shape index (κ1) is 30.7. The number of halogens is 1. The molecule has 1 fully saturated rings. The molecule has 220 valence electrons. The molecule has 0 unspecified atom stereocenters. The van der Waals surface area contributed by atoms with Gasteiger partial charge in [0.2, 0.25) is 5.88 Å². The number of hydrogen-bond acceptors (Lipinski definition) is 8. The van der Waals surface area contributed by atoms with Crippen molar-refractivity contribution in [2.75, 3.05) is 44.9 Å². The first-order valence-electron chi connectivity index (χ1n) is 14.2. The zero-order valence-electron chi connectivity index (χ0n) is 24.5. The minimum atomic E-state index is -0.170. The van der Waals surface area contributed by atoms with Crippen molar-refractivity contribution in [3.63, 3.8) is 0 Å². The summed E-state index contributed by atoms with van der Waals surface area (Å²) in [4.78, 5) is 30.6. The molecule has 3 aromatic heterocycles. The molecule has 4 heterocycles. The fourth-order valence-electron chi connectivity index (χ4n) is 5.24. The maximum absolute atomic E-state index is 12.7. The molecule has 0 aromatic carbocycles. The smallest absolute Gasteiger partial charge is 0.254 e. The highest BCUT2D eigenvalue weighted by molar-refractivity contribution is 6.32. The number of likely N-dealkylation sites (tertiary alicyclic amines) is 1. The fourth-order valence-corrected chi connectivity index (χ4v) is 5.53. The van der Waals surface area contributed by atoms with Crippen LogP contribution in [0.2, 0.25) is 5.15 Å². The van der Waals surface area contributed by atoms with Crippen LogP contribution in [-0.2, 0) is 11.3 Å². The Bertz CT molecular complexity index is 1250. The number of pyridine rings is 3. The molecule has 1 saturated heterocycles. The predicted molar refractivity (Wildman–Crippen MR) is 162 cm³/mol. The van der Waals surface area contributed by atoms with E-state index >= 15 is 0 Å². The molecule has 1 N–H and O–H groups in total. The van der Waals surface area contributed by atoms with Gasteiger partial charge in [0, 0.05) is 70.0 Å². The van der Waals surface area contributed by atoms with Crippen LogP contribution in [0.4, 0.5) is 5.69 Å². The average molecular weight is 581 g/mol. The number of aromatic nitrogens is 3. The van der Waals surface area contributed by atoms with Gasteiger partial charge in [-0.2, -0.15) is 0 Å². The van der Waals surface area contributed by atoms with Crippen molar-refractivity contribution in [2.45, 2.75) is 58.7 Å². The average Bonchev–Trinajstić information content (AvgIpc) is 2.97. The van der Waals surface area contributed by atoms with E-state index in [1.807, 2.05) is 31.6 Å². The standard InChI is InChI=1S/C31H41ClN6O3/c1-22-7-12-33-19-25(22)21-38(27-5-6-28(36-20-27)41-18-17-40-4)26-10-15-37(16-11-26)24(3)9-14-35-31(39)29-23(2)8-13-34-30(29)32/h5-8,12-13,19-20,24,26H,9-11,14-18,21H2,1-4H3,(H,35,39)/t24-/m1/s1. The topological polar surface area (TPSA) is 92.7 Å². The Morgan fingerprint density at radius 3 is 2.56 bits per heavy atom. The Morgan fingerprint density at radius 2 is 1.88 bits per heavy atom. The Balaban J connectivity index is 1.35. The van der Waals surface area contributed by atoms with Gasteiger partial charge in [0.25, 0.3) is 5.91 Å². The van der Waals surface area contributed by atoms with Crippen molar-refractivity contribution in [2.24, 2.45) is 0 Å². The molecule has 0 saturated carbocycles. The number of carbonyl (C=O) groups is 1. The van der Waals surface area contributed by atoms with Crippen molar-refractivity contribution < 1.29 is 14.3 Å². The first-order valence-corrected chi connectivity index (χ1v) is 14.6. The van der Waals surface area contributed by atoms with Crippen LogP contribution in [-0.4, -0.2) is 77.8 Å². The number of nitrogens with zero attached hydrogens (tertiary/aromatic N) is 5. The second kappa shape index (κ2) is 15.1. The molecule has 0 bridgehead atoms. The molecule has 3 aromatic rings. The second-order valence-corrected chi connectivity index (χ2v) is 10.9. The quantitative estimate of drug-likeness (QED) is 0.227. The minimum absolute atomic E-state index is 0.170. The molecule has 0 spiro atoms. The van der Waals surface area contributed by atoms with Gasteiger partial charge in [-0.05, 0) is 74.9 Å². The lowest BCUT2D eigenvalue weighted by Gasteiger charge is -2.42. The van der Waals surface area contributed by atoms with E-state index in [0.29, 0.717) is 43.3 Å². The van der Waals surface area contributed by atoms with E-state index in [0.717, 1.165) is 50.1 Å². The lowest BCUT2D eigenvalue weighted by molar-refractivity contribution is 0.0944. The van der Waals surface area contributed by atoms with E-state index in [2.05, 4.69) is 56.0 Å². The molecule has 0 aliphatic carbocycles. The first-order chi connectivity index (χ1) is 19.9. The van der Waals surface area contributed by atoms with Crippen LogP contribution in [0.1, 0.15) is 53.2 Å². The normalized spacial score (nSPS) is 15.0. The summed E-state index contributed by atoms with van der Waals surface area (Å²) in [6.07, 6.45) is 10.3. The fraction of sp³-hybridized carbons (Fsp3) is 0.484. The number of amides is 1. The Morgan fingerprint density at radius 1 is 1.10 bits per heavy atom. The van der Waals surface area contributed by atoms with Gasteiger partial charge in [0.15, 0.2) is 0 Å². The van der Waals surface area contributed by atoms with Gasteiger partial charge in [-0.3, -0.25) is 9.78 Å². The summed E-state index contributed by atoms with van der Waals surface area (Å²) >= 11 is 6.16. The Labute approximate surface area is 248 Å². The van der Waals surface area contributed by atoms with E-state index in [9.17, 15) is 4.79 Å². The molecule has 0 radical (unpaired) electrons. The SMILES string of the molecule is COCCOc1ccc(N(Cc2cnccc2C)C2CCN([C@H](C)CCNC(=O)c3c(C)ccnc3Cl)CC2)cn1. The summed E-state index contributed by atoms with van der Waals surface area (Å²) < 4.78 is 10.8. The molecule has 1 amide bonds. The number of methoxy groups -OCH3 is 1. The van der Waals surface area contributed by atoms with Crippen molar-refractivity contribution in [3.8, 4) is 5.88 Å². The maximum Gasteiger partial charge on any atom is 0.254 e. The Hall–Kier alpha value is -3.27. The highest BCUT2D eigenvalue weighted by Gasteiger charge is 2.28. The van der Waals surface area contributed by atoms with Crippen molar-refractivity contribution >= 4 is 23.2 Å². The molecule has 9 nitrogen and oxygen atoms in total. The van der Waals surface area contributed by atoms with E-state index in [-0.39, 0.29) is 11.1 Å². The van der Waals surface area contributed by atoms with Gasteiger partial charge < -0.3 is 24.6 Å². The highest BCUT2D eigenvalue weighted by atomic mass is 35.5. The number of anilines is 1. The van der Waals surface area contributed by atoms with Crippen molar-refractivity contribution in [3.05, 3.63) is 76.5 Å². The maximum atomic E-state index is 12.7. The van der Waals surface area contributed by atoms with Crippen LogP contribution < -0.4 is 15.0 Å². The summed E-state index contributed by atoms with van der Waals surface area (Å²) in [6.45, 7) is 10.6. The summed E-state index contributed by atoms with van der Waals surface area (Å²) in [5, 5.41) is 3.27. The number of piperidine rings is 1. The molecule has 1 aliphatic rings. The van der Waals surface area contributed by atoms with Gasteiger partial charge in [-0.25, -0.2) is 9.97 Å². The third-order valence-corrected chi connectivity index (χ3v) is 8.12. The third kappa shape index (κ3) is 8.38. The van der Waals surface area contributed by atoms with E-state index in [4.69, 9.17) is 21.1 Å². The van der Waals surface area contributed by atoms with Gasteiger partial charge >= 0.3 is 0 Å². The van der Waals surface area contributed by atoms with Gasteiger partial charge in [0.1, 0.15) is 11.8 Å². The molecular formula is C31H41ClN6O3. The second-order valence-electron chi connectivity index (χ2n) is 10.6. The van der Waals surface area contributed by atoms with Crippen molar-refractivity contribution in [1.82, 2.24) is 25.2 Å². The summed E-state index contributed by atoms with van der Waals surface area (Å²) in [5.74, 6) is 0.427. The lowest BCUT2D eigenvalue weighted by Crippen LogP contribution is -2.48. The largest absolute Gasteiger partial charge is 0.475 e. The van der Waals surface area contributed by atoms with Crippen LogP contribution in [0, 0.1) is 13.8 Å². The van der Waals surface area contributed by atoms with Crippen molar-refractivity contribution in [1.29, 1.82) is 0 Å². The summed E-state index contributed by atoms with van der Waals surface area (Å²) in [7, 11) is 1.66. The number of hydrogen-bond donors (Lipinski definition) is 1. The van der Waals surface area contributed by atoms with Crippen LogP contribution in [0.25, 0.3) is 0 Å². The van der Waals surface area contributed by atoms with E-state index in [1.165, 1.54) is 11.1 Å². The van der Waals surface area contributed by atoms with Gasteiger partial charge in [-0.1, -0.05) is 11.6 Å². The Kier molecular flexibility index (Phi) is 11.3. The highest BCUT2D eigenvalue weighted by Crippen LogP contribution is 2.28. The molecule has 1 aliphatic heterocycles. The molecular weight excluding hydrogens is 540 g/mol. The van der Waals surface area contributed by atoms with E-state index < -0.39 is 0 Å². The molecule has 41 heavy (non-hydrogen) atoms. The summed E-state index contributed by atoms with van der Waals surface area (Å²) in [6, 6.07) is 8.60. The number of ether oxygens (including phenoxy) is 2. The molecule has 10 heteroatoms. The third-order valence-electron chi connectivity index (χ3n) is 7.83. The minimum Gasteiger partial charge on any atom is -0.475 e. The van der Waals surface area contributed by atoms with Crippen LogP contribution in [0.15, 0.2) is 49.1 Å². The number of nitrogens with one attached hydrogen (secondary N) is 1. The monoisotopic (exact) mass is 580 g/mol. The van der Waals surface area contributed by atoms with Gasteiger partial charge in [0.05, 0.1) is 24.1 Å². The number of aryl methyl sites for hydroxylation is 2. The van der Waals surface area contributed by atoms with Crippen LogP contribution in [0.5, 0.6) is 5.88 Å². The molecule has 1 atom stereocenters. The predicted octanol–water partition coefficient (Wildman–Crippen LogP) is 4.85. The molecule has 4 rings (SSSR count). The van der Waals surface area contributed by atoms with Crippen LogP contribution in [0.3, 0.4) is 0 Å². The summed E-state index contributed by atoms with van der Waals surface area (Å²) in [5.41, 5.74) is 4.80. The zero-order chi connectivity index (χ0) is 29.2. The lowest BCUT2D eigenvalue weighted by atomic mass is 9.99. The van der Waals surface area contributed by atoms with Crippen LogP contribution >= 0.6 is 11.6 Å². The zero-order valence-corrected chi connectivity index (χ0v) is 25.2.